The van der Waals surface area contributed by atoms with E-state index in [9.17, 15) is 14.0 Å². The van der Waals surface area contributed by atoms with Gasteiger partial charge < -0.3 is 5.73 Å². The van der Waals surface area contributed by atoms with Crippen molar-refractivity contribution in [2.45, 2.75) is 39.8 Å². The van der Waals surface area contributed by atoms with Gasteiger partial charge in [-0.05, 0) is 28.7 Å². The Bertz CT molecular complexity index is 535. The van der Waals surface area contributed by atoms with Crippen LogP contribution in [0.25, 0.3) is 0 Å². The van der Waals surface area contributed by atoms with Gasteiger partial charge in [-0.1, -0.05) is 19.9 Å². The van der Waals surface area contributed by atoms with Crippen LogP contribution in [0.1, 0.15) is 37.8 Å². The van der Waals surface area contributed by atoms with E-state index in [4.69, 9.17) is 5.73 Å². The molecule has 2 N–H and O–H groups in total. The molecule has 108 valence electrons. The lowest BCUT2D eigenvalue weighted by molar-refractivity contribution is -0.153. The van der Waals surface area contributed by atoms with Crippen molar-refractivity contribution in [1.82, 2.24) is 4.90 Å². The summed E-state index contributed by atoms with van der Waals surface area (Å²) in [5, 5.41) is 0. The molecule has 1 aromatic carbocycles. The van der Waals surface area contributed by atoms with Crippen LogP contribution in [0.2, 0.25) is 0 Å². The molecule has 2 rings (SSSR count). The van der Waals surface area contributed by atoms with Crippen molar-refractivity contribution >= 4 is 11.8 Å². The highest BCUT2D eigenvalue weighted by molar-refractivity contribution is 5.98. The molecule has 0 radical (unpaired) electrons. The van der Waals surface area contributed by atoms with Gasteiger partial charge in [-0.3, -0.25) is 14.5 Å². The van der Waals surface area contributed by atoms with E-state index in [1.165, 1.54) is 17.0 Å². The lowest BCUT2D eigenvalue weighted by atomic mass is 9.81. The second-order valence-corrected chi connectivity index (χ2v) is 6.01. The predicted molar refractivity (Wildman–Crippen MR) is 72.9 cm³/mol. The van der Waals surface area contributed by atoms with E-state index in [-0.39, 0.29) is 36.1 Å². The van der Waals surface area contributed by atoms with E-state index in [0.717, 1.165) is 5.56 Å². The molecule has 0 atom stereocenters. The van der Waals surface area contributed by atoms with Gasteiger partial charge in [0.05, 0.1) is 6.54 Å². The number of nitrogens with zero attached hydrogens (tertiary/aromatic N) is 1. The first-order chi connectivity index (χ1) is 9.32. The Balaban J connectivity index is 2.22. The van der Waals surface area contributed by atoms with Gasteiger partial charge in [0.25, 0.3) is 0 Å². The lowest BCUT2D eigenvalue weighted by Gasteiger charge is -2.35. The van der Waals surface area contributed by atoms with Crippen LogP contribution in [0.5, 0.6) is 0 Å². The summed E-state index contributed by atoms with van der Waals surface area (Å²) < 4.78 is 13.2. The maximum Gasteiger partial charge on any atom is 0.230 e. The third kappa shape index (κ3) is 3.04. The molecular weight excluding hydrogens is 259 g/mol. The van der Waals surface area contributed by atoms with Gasteiger partial charge in [-0.15, -0.1) is 0 Å². The van der Waals surface area contributed by atoms with Gasteiger partial charge in [0.15, 0.2) is 0 Å². The molecule has 1 aromatic rings. The number of imide groups is 1. The fourth-order valence-electron chi connectivity index (χ4n) is 2.50. The minimum atomic E-state index is -0.369. The van der Waals surface area contributed by atoms with E-state index in [1.54, 1.807) is 6.07 Å². The van der Waals surface area contributed by atoms with Crippen LogP contribution in [0, 0.1) is 11.2 Å². The van der Waals surface area contributed by atoms with Crippen LogP contribution < -0.4 is 5.73 Å². The van der Waals surface area contributed by atoms with Crippen LogP contribution in [-0.2, 0) is 22.7 Å². The highest BCUT2D eigenvalue weighted by Gasteiger charge is 2.37. The smallest absolute Gasteiger partial charge is 0.230 e. The molecule has 1 fully saturated rings. The van der Waals surface area contributed by atoms with Gasteiger partial charge in [0.1, 0.15) is 5.82 Å². The van der Waals surface area contributed by atoms with E-state index < -0.39 is 0 Å². The number of rotatable bonds is 3. The fraction of sp³-hybridized carbons (Fsp3) is 0.467. The fourth-order valence-corrected chi connectivity index (χ4v) is 2.50. The summed E-state index contributed by atoms with van der Waals surface area (Å²) in [7, 11) is 0. The van der Waals surface area contributed by atoms with Crippen molar-refractivity contribution in [3.63, 3.8) is 0 Å². The van der Waals surface area contributed by atoms with Gasteiger partial charge >= 0.3 is 0 Å². The second kappa shape index (κ2) is 5.32. The van der Waals surface area contributed by atoms with E-state index >= 15 is 0 Å². The number of halogens is 1. The van der Waals surface area contributed by atoms with E-state index in [0.29, 0.717) is 18.4 Å². The number of carbonyl (C=O) groups excluding carboxylic acids is 2. The molecular formula is C15H19FN2O2. The number of benzene rings is 1. The molecule has 0 unspecified atom stereocenters. The lowest BCUT2D eigenvalue weighted by Crippen LogP contribution is -2.45. The Kier molecular flexibility index (Phi) is 3.90. The monoisotopic (exact) mass is 278 g/mol. The minimum absolute atomic E-state index is 0.167. The Labute approximate surface area is 117 Å². The molecule has 0 aromatic heterocycles. The Morgan fingerprint density at radius 3 is 2.35 bits per heavy atom. The minimum Gasteiger partial charge on any atom is -0.326 e. The van der Waals surface area contributed by atoms with Gasteiger partial charge in [0.2, 0.25) is 11.8 Å². The first kappa shape index (κ1) is 14.7. The summed E-state index contributed by atoms with van der Waals surface area (Å²) in [4.78, 5) is 25.4. The van der Waals surface area contributed by atoms with E-state index in [1.807, 2.05) is 13.8 Å². The van der Waals surface area contributed by atoms with Crippen molar-refractivity contribution in [2.75, 3.05) is 0 Å². The molecule has 2 amide bonds. The maximum absolute atomic E-state index is 13.2. The summed E-state index contributed by atoms with van der Waals surface area (Å²) in [6, 6.07) is 4.24. The highest BCUT2D eigenvalue weighted by Crippen LogP contribution is 2.32. The number of amides is 2. The molecule has 5 heteroatoms. The average molecular weight is 278 g/mol. The van der Waals surface area contributed by atoms with Crippen LogP contribution in [0.3, 0.4) is 0 Å². The molecule has 0 saturated carbocycles. The molecule has 0 spiro atoms. The molecule has 1 heterocycles. The second-order valence-electron chi connectivity index (χ2n) is 6.01. The third-order valence-corrected chi connectivity index (χ3v) is 3.58. The zero-order valence-corrected chi connectivity index (χ0v) is 11.8. The Morgan fingerprint density at radius 2 is 1.80 bits per heavy atom. The Hall–Kier alpha value is -1.75. The quantitative estimate of drug-likeness (QED) is 0.860. The van der Waals surface area contributed by atoms with E-state index in [2.05, 4.69) is 0 Å². The molecule has 4 nitrogen and oxygen atoms in total. The number of hydrogen-bond donors (Lipinski definition) is 1. The molecule has 1 saturated heterocycles. The number of hydrogen-bond acceptors (Lipinski definition) is 3. The van der Waals surface area contributed by atoms with Crippen molar-refractivity contribution in [2.24, 2.45) is 11.1 Å². The number of piperidine rings is 1. The average Bonchev–Trinajstić information content (AvgIpc) is 2.34. The van der Waals surface area contributed by atoms with Crippen LogP contribution in [-0.4, -0.2) is 16.7 Å². The van der Waals surface area contributed by atoms with Gasteiger partial charge in [-0.25, -0.2) is 4.39 Å². The summed E-state index contributed by atoms with van der Waals surface area (Å²) in [5.41, 5.74) is 6.63. The first-order valence-corrected chi connectivity index (χ1v) is 6.63. The molecule has 20 heavy (non-hydrogen) atoms. The SMILES string of the molecule is CC1(C)CC(=O)N(Cc2ccc(F)cc2CN)C(=O)C1. The largest absolute Gasteiger partial charge is 0.326 e. The van der Waals surface area contributed by atoms with Crippen LogP contribution in [0.15, 0.2) is 18.2 Å². The first-order valence-electron chi connectivity index (χ1n) is 6.63. The summed E-state index contributed by atoms with van der Waals surface area (Å²) in [6.07, 6.45) is 0.690. The molecule has 0 bridgehead atoms. The Morgan fingerprint density at radius 1 is 1.20 bits per heavy atom. The zero-order valence-electron chi connectivity index (χ0n) is 11.8. The molecule has 1 aliphatic rings. The summed E-state index contributed by atoms with van der Waals surface area (Å²) >= 11 is 0. The summed E-state index contributed by atoms with van der Waals surface area (Å²) in [5.74, 6) is -0.733. The number of nitrogens with two attached hydrogens (primary N) is 1. The van der Waals surface area contributed by atoms with Gasteiger partial charge in [0, 0.05) is 19.4 Å². The van der Waals surface area contributed by atoms with Crippen molar-refractivity contribution < 1.29 is 14.0 Å². The van der Waals surface area contributed by atoms with Crippen molar-refractivity contribution in [1.29, 1.82) is 0 Å². The number of likely N-dealkylation sites (tertiary alicyclic amines) is 1. The van der Waals surface area contributed by atoms with Crippen LogP contribution in [0.4, 0.5) is 4.39 Å². The maximum atomic E-state index is 13.2. The van der Waals surface area contributed by atoms with Gasteiger partial charge in [-0.2, -0.15) is 0 Å². The third-order valence-electron chi connectivity index (χ3n) is 3.58. The highest BCUT2D eigenvalue weighted by atomic mass is 19.1. The molecule has 0 aliphatic carbocycles. The van der Waals surface area contributed by atoms with Crippen molar-refractivity contribution in [3.8, 4) is 0 Å². The number of carbonyl (C=O) groups is 2. The standard InChI is InChI=1S/C15H19FN2O2/c1-15(2)6-13(19)18(14(20)7-15)9-10-3-4-12(16)5-11(10)8-17/h3-5H,6-9,17H2,1-2H3. The zero-order chi connectivity index (χ0) is 14.9. The van der Waals surface area contributed by atoms with Crippen LogP contribution >= 0.6 is 0 Å². The topological polar surface area (TPSA) is 63.4 Å². The van der Waals surface area contributed by atoms with Crippen molar-refractivity contribution in [3.05, 3.63) is 35.1 Å². The summed E-state index contributed by atoms with van der Waals surface area (Å²) in [6.45, 7) is 4.15. The predicted octanol–water partition coefficient (Wildman–Crippen LogP) is 1.96. The normalized spacial score (nSPS) is 18.5. The molecule has 1 aliphatic heterocycles.